The number of nitrogens with zero attached hydrogens (tertiary/aromatic N) is 5. The van der Waals surface area contributed by atoms with E-state index in [1.807, 2.05) is 42.9 Å². The molecule has 0 aromatic carbocycles. The quantitative estimate of drug-likeness (QED) is 0.803. The van der Waals surface area contributed by atoms with Crippen LogP contribution in [0.25, 0.3) is 11.4 Å². The van der Waals surface area contributed by atoms with Gasteiger partial charge in [-0.1, -0.05) is 6.92 Å². The fourth-order valence-corrected chi connectivity index (χ4v) is 1.62. The molecule has 0 unspecified atom stereocenters. The zero-order chi connectivity index (χ0) is 12.4. The molecule has 0 spiro atoms. The Morgan fingerprint density at radius 1 is 1.29 bits per heavy atom. The molecule has 0 aliphatic carbocycles. The lowest BCUT2D eigenvalue weighted by Gasteiger charge is -2.13. The van der Waals surface area contributed by atoms with Crippen molar-refractivity contribution in [2.45, 2.75) is 13.3 Å². The van der Waals surface area contributed by atoms with Gasteiger partial charge in [0.15, 0.2) is 0 Å². The van der Waals surface area contributed by atoms with Crippen molar-refractivity contribution < 1.29 is 0 Å². The Hall–Kier alpha value is -1.91. The third kappa shape index (κ3) is 2.27. The summed E-state index contributed by atoms with van der Waals surface area (Å²) in [6.07, 6.45) is 2.67. The second kappa shape index (κ2) is 4.53. The van der Waals surface area contributed by atoms with E-state index in [-0.39, 0.29) is 0 Å². The molecular weight excluding hydrogens is 214 g/mol. The molecule has 0 fully saturated rings. The number of anilines is 1. The van der Waals surface area contributed by atoms with Crippen LogP contribution >= 0.6 is 0 Å². The molecule has 90 valence electrons. The van der Waals surface area contributed by atoms with Gasteiger partial charge >= 0.3 is 0 Å². The molecule has 2 rings (SSSR count). The topological polar surface area (TPSA) is 46.8 Å². The van der Waals surface area contributed by atoms with Crippen molar-refractivity contribution in [2.75, 3.05) is 19.0 Å². The SMILES string of the molecule is CCc1cc(-c2ccnn2C)nc(N(C)C)n1. The molecule has 0 amide bonds. The Morgan fingerprint density at radius 3 is 2.59 bits per heavy atom. The van der Waals surface area contributed by atoms with Crippen LogP contribution in [0.1, 0.15) is 12.6 Å². The number of aromatic nitrogens is 4. The Labute approximate surface area is 101 Å². The average Bonchev–Trinajstić information content (AvgIpc) is 2.74. The van der Waals surface area contributed by atoms with Crippen LogP contribution in [0.15, 0.2) is 18.3 Å². The van der Waals surface area contributed by atoms with E-state index in [9.17, 15) is 0 Å². The predicted molar refractivity (Wildman–Crippen MR) is 67.9 cm³/mol. The van der Waals surface area contributed by atoms with Crippen molar-refractivity contribution in [1.29, 1.82) is 0 Å². The van der Waals surface area contributed by atoms with Crippen LogP contribution in [0, 0.1) is 0 Å². The third-order valence-electron chi connectivity index (χ3n) is 2.61. The second-order valence-electron chi connectivity index (χ2n) is 4.13. The summed E-state index contributed by atoms with van der Waals surface area (Å²) >= 11 is 0. The summed E-state index contributed by atoms with van der Waals surface area (Å²) < 4.78 is 1.82. The molecule has 0 atom stereocenters. The first-order valence-corrected chi connectivity index (χ1v) is 5.65. The standard InChI is InChI=1S/C12H17N5/c1-5-9-8-10(11-6-7-13-17(11)4)15-12(14-9)16(2)3/h6-8H,5H2,1-4H3. The molecule has 2 heterocycles. The van der Waals surface area contributed by atoms with Crippen LogP contribution in [0.2, 0.25) is 0 Å². The highest BCUT2D eigenvalue weighted by atomic mass is 15.3. The molecule has 17 heavy (non-hydrogen) atoms. The Balaban J connectivity index is 2.54. The van der Waals surface area contributed by atoms with E-state index < -0.39 is 0 Å². The van der Waals surface area contributed by atoms with Crippen LogP contribution in [0.5, 0.6) is 0 Å². The molecule has 5 nitrogen and oxygen atoms in total. The Bertz CT molecular complexity index is 515. The zero-order valence-corrected chi connectivity index (χ0v) is 10.7. The molecule has 0 saturated carbocycles. The van der Waals surface area contributed by atoms with Gasteiger partial charge in [0.2, 0.25) is 5.95 Å². The van der Waals surface area contributed by atoms with Gasteiger partial charge in [0.25, 0.3) is 0 Å². The van der Waals surface area contributed by atoms with Gasteiger partial charge in [-0.25, -0.2) is 9.97 Å². The summed E-state index contributed by atoms with van der Waals surface area (Å²) in [5.41, 5.74) is 2.96. The van der Waals surface area contributed by atoms with Crippen molar-refractivity contribution in [3.05, 3.63) is 24.0 Å². The molecule has 2 aromatic rings. The van der Waals surface area contributed by atoms with E-state index in [0.29, 0.717) is 0 Å². The van der Waals surface area contributed by atoms with Gasteiger partial charge in [-0.2, -0.15) is 5.10 Å². The monoisotopic (exact) mass is 231 g/mol. The molecule has 0 radical (unpaired) electrons. The summed E-state index contributed by atoms with van der Waals surface area (Å²) in [4.78, 5) is 10.9. The van der Waals surface area contributed by atoms with Crippen molar-refractivity contribution in [3.8, 4) is 11.4 Å². The summed E-state index contributed by atoms with van der Waals surface area (Å²) in [6.45, 7) is 2.09. The third-order valence-corrected chi connectivity index (χ3v) is 2.61. The number of hydrogen-bond acceptors (Lipinski definition) is 4. The van der Waals surface area contributed by atoms with Crippen LogP contribution < -0.4 is 4.90 Å². The Morgan fingerprint density at radius 2 is 2.06 bits per heavy atom. The minimum atomic E-state index is 0.737. The fourth-order valence-electron chi connectivity index (χ4n) is 1.62. The molecule has 0 bridgehead atoms. The fraction of sp³-hybridized carbons (Fsp3) is 0.417. The molecular formula is C12H17N5. The lowest BCUT2D eigenvalue weighted by Crippen LogP contribution is -2.14. The Kier molecular flexibility index (Phi) is 3.08. The van der Waals surface area contributed by atoms with Gasteiger partial charge in [0.05, 0.1) is 11.4 Å². The summed E-state index contributed by atoms with van der Waals surface area (Å²) in [7, 11) is 5.81. The van der Waals surface area contributed by atoms with Gasteiger partial charge in [-0.05, 0) is 18.6 Å². The largest absolute Gasteiger partial charge is 0.347 e. The summed E-state index contributed by atoms with van der Waals surface area (Å²) in [5.74, 6) is 0.737. The lowest BCUT2D eigenvalue weighted by molar-refractivity contribution is 0.771. The normalized spacial score (nSPS) is 10.6. The van der Waals surface area contributed by atoms with Gasteiger partial charge in [-0.15, -0.1) is 0 Å². The second-order valence-corrected chi connectivity index (χ2v) is 4.13. The highest BCUT2D eigenvalue weighted by Gasteiger charge is 2.09. The molecule has 0 aliphatic heterocycles. The van der Waals surface area contributed by atoms with E-state index in [0.717, 1.165) is 29.5 Å². The summed E-state index contributed by atoms with van der Waals surface area (Å²) in [5, 5.41) is 4.17. The number of rotatable bonds is 3. The maximum atomic E-state index is 4.54. The minimum absolute atomic E-state index is 0.737. The van der Waals surface area contributed by atoms with Gasteiger partial charge in [0.1, 0.15) is 0 Å². The van der Waals surface area contributed by atoms with Crippen molar-refractivity contribution in [3.63, 3.8) is 0 Å². The average molecular weight is 231 g/mol. The maximum absolute atomic E-state index is 4.54. The summed E-state index contributed by atoms with van der Waals surface area (Å²) in [6, 6.07) is 3.98. The highest BCUT2D eigenvalue weighted by Crippen LogP contribution is 2.19. The van der Waals surface area contributed by atoms with Gasteiger partial charge in [-0.3, -0.25) is 4.68 Å². The maximum Gasteiger partial charge on any atom is 0.225 e. The highest BCUT2D eigenvalue weighted by molar-refractivity contribution is 5.56. The van der Waals surface area contributed by atoms with Crippen LogP contribution in [0.3, 0.4) is 0 Å². The van der Waals surface area contributed by atoms with Crippen molar-refractivity contribution in [2.24, 2.45) is 7.05 Å². The molecule has 0 aliphatic rings. The van der Waals surface area contributed by atoms with Crippen LogP contribution in [0.4, 0.5) is 5.95 Å². The zero-order valence-electron chi connectivity index (χ0n) is 10.7. The van der Waals surface area contributed by atoms with E-state index >= 15 is 0 Å². The molecule has 0 N–H and O–H groups in total. The first kappa shape index (κ1) is 11.6. The minimum Gasteiger partial charge on any atom is -0.347 e. The molecule has 0 saturated heterocycles. The molecule has 5 heteroatoms. The van der Waals surface area contributed by atoms with E-state index in [1.165, 1.54) is 0 Å². The smallest absolute Gasteiger partial charge is 0.225 e. The number of hydrogen-bond donors (Lipinski definition) is 0. The van der Waals surface area contributed by atoms with Gasteiger partial charge in [0, 0.05) is 33.0 Å². The lowest BCUT2D eigenvalue weighted by atomic mass is 10.2. The van der Waals surface area contributed by atoms with Crippen molar-refractivity contribution in [1.82, 2.24) is 19.7 Å². The van der Waals surface area contributed by atoms with Crippen LogP contribution in [-0.4, -0.2) is 33.8 Å². The van der Waals surface area contributed by atoms with Crippen LogP contribution in [-0.2, 0) is 13.5 Å². The van der Waals surface area contributed by atoms with E-state index in [1.54, 1.807) is 6.20 Å². The molecule has 2 aromatic heterocycles. The van der Waals surface area contributed by atoms with Gasteiger partial charge < -0.3 is 4.90 Å². The first-order chi connectivity index (χ1) is 8.11. The van der Waals surface area contributed by atoms with E-state index in [4.69, 9.17) is 0 Å². The van der Waals surface area contributed by atoms with E-state index in [2.05, 4.69) is 22.0 Å². The first-order valence-electron chi connectivity index (χ1n) is 5.65. The predicted octanol–water partition coefficient (Wildman–Crippen LogP) is 1.51. The van der Waals surface area contributed by atoms with Crippen molar-refractivity contribution >= 4 is 5.95 Å². The number of aryl methyl sites for hydroxylation is 2.